The molecule has 0 unspecified atom stereocenters. The quantitative estimate of drug-likeness (QED) is 0.505. The summed E-state index contributed by atoms with van der Waals surface area (Å²) in [7, 11) is 0. The number of ether oxygens (including phenoxy) is 1. The summed E-state index contributed by atoms with van der Waals surface area (Å²) < 4.78 is 18.6. The molecule has 0 saturated heterocycles. The second kappa shape index (κ2) is 8.83. The molecule has 0 aliphatic rings. The molecule has 0 aliphatic heterocycles. The van der Waals surface area contributed by atoms with E-state index in [2.05, 4.69) is 10.6 Å². The number of aliphatic carboxylic acids is 1. The van der Waals surface area contributed by atoms with Crippen LogP contribution < -0.4 is 10.6 Å². The highest BCUT2D eigenvalue weighted by molar-refractivity contribution is 5.70. The van der Waals surface area contributed by atoms with Gasteiger partial charge in [-0.2, -0.15) is 0 Å². The van der Waals surface area contributed by atoms with Gasteiger partial charge in [0, 0.05) is 19.2 Å². The molecule has 0 radical (unpaired) electrons. The van der Waals surface area contributed by atoms with E-state index in [1.54, 1.807) is 6.07 Å². The van der Waals surface area contributed by atoms with E-state index in [-0.39, 0.29) is 31.8 Å². The third-order valence-corrected chi connectivity index (χ3v) is 2.67. The van der Waals surface area contributed by atoms with E-state index < -0.39 is 23.9 Å². The molecule has 0 bridgehead atoms. The Labute approximate surface area is 127 Å². The number of carbonyl (C=O) groups is 2. The molecule has 0 spiro atoms. The van der Waals surface area contributed by atoms with Gasteiger partial charge in [-0.05, 0) is 18.2 Å². The summed E-state index contributed by atoms with van der Waals surface area (Å²) >= 11 is 0. The molecular formula is C14H19FN2O5. The second-order valence-electron chi connectivity index (χ2n) is 4.56. The highest BCUT2D eigenvalue weighted by Crippen LogP contribution is 2.19. The van der Waals surface area contributed by atoms with Crippen LogP contribution in [-0.4, -0.2) is 48.0 Å². The zero-order valence-corrected chi connectivity index (χ0v) is 12.1. The Morgan fingerprint density at radius 2 is 2.09 bits per heavy atom. The molecular weight excluding hydrogens is 295 g/mol. The molecule has 22 heavy (non-hydrogen) atoms. The first-order chi connectivity index (χ1) is 10.4. The number of carboxylic acid groups (broad SMARTS) is 1. The number of anilines is 2. The lowest BCUT2D eigenvalue weighted by Crippen LogP contribution is -2.28. The van der Waals surface area contributed by atoms with Gasteiger partial charge >= 0.3 is 11.9 Å². The van der Waals surface area contributed by atoms with E-state index in [9.17, 15) is 14.0 Å². The van der Waals surface area contributed by atoms with Crippen LogP contribution >= 0.6 is 0 Å². The molecule has 0 saturated carbocycles. The summed E-state index contributed by atoms with van der Waals surface area (Å²) in [5, 5.41) is 23.0. The zero-order valence-electron chi connectivity index (χ0n) is 12.1. The summed E-state index contributed by atoms with van der Waals surface area (Å²) in [6.07, 6.45) is -1.18. The predicted octanol–water partition coefficient (Wildman–Crippen LogP) is 1.05. The Morgan fingerprint density at radius 3 is 2.64 bits per heavy atom. The molecule has 0 aromatic heterocycles. The number of benzene rings is 1. The molecule has 0 amide bonds. The van der Waals surface area contributed by atoms with Gasteiger partial charge in [-0.1, -0.05) is 0 Å². The summed E-state index contributed by atoms with van der Waals surface area (Å²) in [6.45, 7) is 1.36. The fourth-order valence-electron chi connectivity index (χ4n) is 1.78. The van der Waals surface area contributed by atoms with Crippen LogP contribution in [0.1, 0.15) is 13.3 Å². The van der Waals surface area contributed by atoms with Crippen molar-refractivity contribution >= 4 is 23.3 Å². The fourth-order valence-corrected chi connectivity index (χ4v) is 1.78. The van der Waals surface area contributed by atoms with Gasteiger partial charge in [0.05, 0.1) is 25.3 Å². The molecule has 122 valence electrons. The van der Waals surface area contributed by atoms with Gasteiger partial charge in [0.15, 0.2) is 0 Å². The Balaban J connectivity index is 2.62. The molecule has 0 fully saturated rings. The van der Waals surface area contributed by atoms with Crippen LogP contribution in [0.4, 0.5) is 15.8 Å². The number of esters is 1. The first kappa shape index (κ1) is 17.7. The molecule has 8 heteroatoms. The van der Waals surface area contributed by atoms with Crippen LogP contribution in [-0.2, 0) is 14.3 Å². The number of rotatable bonds is 9. The van der Waals surface area contributed by atoms with Crippen LogP contribution in [0.25, 0.3) is 0 Å². The molecule has 0 heterocycles. The molecule has 4 N–H and O–H groups in total. The summed E-state index contributed by atoms with van der Waals surface area (Å²) in [4.78, 5) is 21.6. The Morgan fingerprint density at radius 1 is 1.36 bits per heavy atom. The van der Waals surface area contributed by atoms with Gasteiger partial charge in [-0.25, -0.2) is 4.39 Å². The molecule has 7 nitrogen and oxygen atoms in total. The fraction of sp³-hybridized carbons (Fsp3) is 0.429. The third kappa shape index (κ3) is 6.40. The minimum Gasteiger partial charge on any atom is -0.481 e. The van der Waals surface area contributed by atoms with Crippen LogP contribution in [0.15, 0.2) is 18.2 Å². The van der Waals surface area contributed by atoms with Crippen molar-refractivity contribution in [2.45, 2.75) is 19.4 Å². The molecule has 1 atom stereocenters. The second-order valence-corrected chi connectivity index (χ2v) is 4.56. The number of carbonyl (C=O) groups excluding carboxylic acids is 1. The highest BCUT2D eigenvalue weighted by atomic mass is 19.1. The number of halogens is 1. The minimum atomic E-state index is -1.09. The normalized spacial score (nSPS) is 11.6. The summed E-state index contributed by atoms with van der Waals surface area (Å²) in [5.41, 5.74) is 0.677. The number of aliphatic hydroxyl groups excluding tert-OH is 1. The van der Waals surface area contributed by atoms with E-state index in [4.69, 9.17) is 14.9 Å². The van der Waals surface area contributed by atoms with E-state index >= 15 is 0 Å². The van der Waals surface area contributed by atoms with Gasteiger partial charge in [-0.15, -0.1) is 0 Å². The van der Waals surface area contributed by atoms with Crippen molar-refractivity contribution in [2.24, 2.45) is 0 Å². The molecule has 1 aromatic rings. The number of aliphatic hydroxyl groups is 1. The van der Waals surface area contributed by atoms with E-state index in [1.165, 1.54) is 19.1 Å². The highest BCUT2D eigenvalue weighted by Gasteiger charge is 2.16. The average molecular weight is 314 g/mol. The van der Waals surface area contributed by atoms with Crippen molar-refractivity contribution < 1.29 is 28.9 Å². The smallest absolute Gasteiger partial charge is 0.307 e. The standard InChI is InChI=1S/C14H19FN2O5/c1-9(19)22-11(7-14(20)21)8-17-10-2-3-13(12(15)6-10)16-4-5-18/h2-3,6,11,16-18H,4-5,7-8H2,1H3,(H,20,21)/t11-/m0/s1. The number of carboxylic acids is 1. The zero-order chi connectivity index (χ0) is 16.5. The molecule has 1 rings (SSSR count). The lowest BCUT2D eigenvalue weighted by atomic mass is 10.2. The van der Waals surface area contributed by atoms with Crippen molar-refractivity contribution in [1.29, 1.82) is 0 Å². The minimum absolute atomic E-state index is 0.0503. The van der Waals surface area contributed by atoms with Crippen LogP contribution in [0.5, 0.6) is 0 Å². The van der Waals surface area contributed by atoms with Crippen LogP contribution in [0.3, 0.4) is 0 Å². The SMILES string of the molecule is CC(=O)O[C@H](CNc1ccc(NCCO)c(F)c1)CC(=O)O. The van der Waals surface area contributed by atoms with Gasteiger partial charge in [0.25, 0.3) is 0 Å². The van der Waals surface area contributed by atoms with Gasteiger partial charge in [0.2, 0.25) is 0 Å². The Bertz CT molecular complexity index is 508. The van der Waals surface area contributed by atoms with Gasteiger partial charge in [0.1, 0.15) is 11.9 Å². The summed E-state index contributed by atoms with van der Waals surface area (Å²) in [6, 6.07) is 4.31. The van der Waals surface area contributed by atoms with E-state index in [1.807, 2.05) is 0 Å². The molecule has 1 aromatic carbocycles. The first-order valence-corrected chi connectivity index (χ1v) is 6.69. The van der Waals surface area contributed by atoms with E-state index in [0.717, 1.165) is 0 Å². The third-order valence-electron chi connectivity index (χ3n) is 2.67. The Hall–Kier alpha value is -2.35. The van der Waals surface area contributed by atoms with Crippen LogP contribution in [0, 0.1) is 5.82 Å². The monoisotopic (exact) mass is 314 g/mol. The largest absolute Gasteiger partial charge is 0.481 e. The average Bonchev–Trinajstić information content (AvgIpc) is 2.42. The maximum Gasteiger partial charge on any atom is 0.307 e. The number of hydrogen-bond donors (Lipinski definition) is 4. The van der Waals surface area contributed by atoms with Crippen molar-refractivity contribution in [1.82, 2.24) is 0 Å². The molecule has 0 aliphatic carbocycles. The first-order valence-electron chi connectivity index (χ1n) is 6.69. The predicted molar refractivity (Wildman–Crippen MR) is 78.3 cm³/mol. The van der Waals surface area contributed by atoms with Crippen molar-refractivity contribution in [2.75, 3.05) is 30.3 Å². The maximum atomic E-state index is 13.8. The lowest BCUT2D eigenvalue weighted by Gasteiger charge is -2.17. The maximum absolute atomic E-state index is 13.8. The number of hydrogen-bond acceptors (Lipinski definition) is 6. The van der Waals surface area contributed by atoms with Crippen molar-refractivity contribution in [3.8, 4) is 0 Å². The van der Waals surface area contributed by atoms with Crippen molar-refractivity contribution in [3.05, 3.63) is 24.0 Å². The van der Waals surface area contributed by atoms with Gasteiger partial charge < -0.3 is 25.6 Å². The van der Waals surface area contributed by atoms with Crippen molar-refractivity contribution in [3.63, 3.8) is 0 Å². The van der Waals surface area contributed by atoms with Crippen LogP contribution in [0.2, 0.25) is 0 Å². The topological polar surface area (TPSA) is 108 Å². The Kier molecular flexibility index (Phi) is 7.11. The van der Waals surface area contributed by atoms with E-state index in [0.29, 0.717) is 5.69 Å². The number of nitrogens with one attached hydrogen (secondary N) is 2. The van der Waals surface area contributed by atoms with Gasteiger partial charge in [-0.3, -0.25) is 9.59 Å². The lowest BCUT2D eigenvalue weighted by molar-refractivity contribution is -0.149. The summed E-state index contributed by atoms with van der Waals surface area (Å²) in [5.74, 6) is -2.19.